The third kappa shape index (κ3) is 2.67. The van der Waals surface area contributed by atoms with E-state index in [1.54, 1.807) is 0 Å². The Balaban J connectivity index is 2.95. The van der Waals surface area contributed by atoms with E-state index in [9.17, 15) is 20.0 Å². The number of hydrogen-bond acceptors (Lipinski definition) is 5. The molecule has 1 N–H and O–H groups in total. The smallest absolute Gasteiger partial charge is 0.265 e. The number of carbonyl (C=O) groups excluding carboxylic acids is 1. The Hall–Kier alpha value is -2.11. The molecule has 0 spiro atoms. The Morgan fingerprint density at radius 3 is 2.80 bits per heavy atom. The van der Waals surface area contributed by atoms with Crippen molar-refractivity contribution in [1.29, 1.82) is 0 Å². The van der Waals surface area contributed by atoms with Crippen LogP contribution in [0.25, 0.3) is 0 Å². The zero-order valence-electron chi connectivity index (χ0n) is 7.97. The van der Waals surface area contributed by atoms with Crippen molar-refractivity contribution in [3.63, 3.8) is 0 Å². The standard InChI is InChI=1S/C9H9NO5/c1-15-9-4-6(2-3-7(9)11)8(12)5-10(13)14/h2-4,11H,5H2,1H3. The van der Waals surface area contributed by atoms with Gasteiger partial charge in [0, 0.05) is 10.5 Å². The molecule has 15 heavy (non-hydrogen) atoms. The van der Waals surface area contributed by atoms with Gasteiger partial charge in [0.2, 0.25) is 5.78 Å². The first-order chi connectivity index (χ1) is 7.04. The Bertz CT molecular complexity index is 401. The molecule has 0 fully saturated rings. The number of Topliss-reactive ketones (excluding diaryl/α,β-unsaturated/α-hetero) is 1. The van der Waals surface area contributed by atoms with Crippen LogP contribution in [0, 0.1) is 10.1 Å². The van der Waals surface area contributed by atoms with Gasteiger partial charge in [-0.1, -0.05) is 0 Å². The SMILES string of the molecule is COc1cc(C(=O)C[N+](=O)[O-])ccc1O. The number of carbonyl (C=O) groups is 1. The zero-order chi connectivity index (χ0) is 11.4. The van der Waals surface area contributed by atoms with E-state index in [0.29, 0.717) is 0 Å². The maximum Gasteiger partial charge on any atom is 0.265 e. The lowest BCUT2D eigenvalue weighted by molar-refractivity contribution is -0.465. The molecule has 6 nitrogen and oxygen atoms in total. The lowest BCUT2D eigenvalue weighted by Crippen LogP contribution is -2.13. The number of phenolic OH excluding ortho intramolecular Hbond substituents is 1. The largest absolute Gasteiger partial charge is 0.504 e. The van der Waals surface area contributed by atoms with E-state index in [0.717, 1.165) is 0 Å². The molecule has 0 radical (unpaired) electrons. The first-order valence-electron chi connectivity index (χ1n) is 4.06. The van der Waals surface area contributed by atoms with Gasteiger partial charge in [0.25, 0.3) is 6.54 Å². The van der Waals surface area contributed by atoms with Crippen LogP contribution < -0.4 is 4.74 Å². The Morgan fingerprint density at radius 1 is 1.60 bits per heavy atom. The third-order valence-electron chi connectivity index (χ3n) is 1.77. The first-order valence-corrected chi connectivity index (χ1v) is 4.06. The molecule has 0 aromatic heterocycles. The van der Waals surface area contributed by atoms with Crippen LogP contribution in [-0.4, -0.2) is 29.5 Å². The predicted octanol–water partition coefficient (Wildman–Crippen LogP) is 0.860. The summed E-state index contributed by atoms with van der Waals surface area (Å²) in [5.41, 5.74) is 0.140. The molecular weight excluding hydrogens is 202 g/mol. The van der Waals surface area contributed by atoms with Crippen molar-refractivity contribution in [2.45, 2.75) is 0 Å². The van der Waals surface area contributed by atoms with Gasteiger partial charge in [-0.25, -0.2) is 0 Å². The number of phenols is 1. The van der Waals surface area contributed by atoms with Crippen molar-refractivity contribution in [3.8, 4) is 11.5 Å². The average molecular weight is 211 g/mol. The van der Waals surface area contributed by atoms with Crippen LogP contribution in [0.5, 0.6) is 11.5 Å². The van der Waals surface area contributed by atoms with E-state index in [2.05, 4.69) is 0 Å². The fourth-order valence-corrected chi connectivity index (χ4v) is 1.06. The number of ketones is 1. The summed E-state index contributed by atoms with van der Waals surface area (Å²) in [5.74, 6) is -0.627. The summed E-state index contributed by atoms with van der Waals surface area (Å²) in [7, 11) is 1.33. The maximum absolute atomic E-state index is 11.3. The number of aromatic hydroxyl groups is 1. The molecule has 0 amide bonds. The summed E-state index contributed by atoms with van der Waals surface area (Å²) in [5, 5.41) is 19.3. The van der Waals surface area contributed by atoms with Gasteiger partial charge < -0.3 is 9.84 Å². The number of hydrogen-bond donors (Lipinski definition) is 1. The van der Waals surface area contributed by atoms with Gasteiger partial charge in [-0.3, -0.25) is 14.9 Å². The molecule has 80 valence electrons. The summed E-state index contributed by atoms with van der Waals surface area (Å²) >= 11 is 0. The van der Waals surface area contributed by atoms with Gasteiger partial charge in [-0.05, 0) is 18.2 Å². The number of methoxy groups -OCH3 is 1. The summed E-state index contributed by atoms with van der Waals surface area (Å²) in [6, 6.07) is 3.83. The van der Waals surface area contributed by atoms with E-state index in [4.69, 9.17) is 4.74 Å². The van der Waals surface area contributed by atoms with Crippen LogP contribution in [0.1, 0.15) is 10.4 Å². The van der Waals surface area contributed by atoms with Crippen LogP contribution in [0.3, 0.4) is 0 Å². The van der Waals surface area contributed by atoms with E-state index in [1.165, 1.54) is 25.3 Å². The molecule has 6 heteroatoms. The van der Waals surface area contributed by atoms with Crippen molar-refractivity contribution in [3.05, 3.63) is 33.9 Å². The minimum Gasteiger partial charge on any atom is -0.504 e. The first kappa shape index (κ1) is 11.0. The summed E-state index contributed by atoms with van der Waals surface area (Å²) < 4.78 is 4.77. The number of benzene rings is 1. The van der Waals surface area contributed by atoms with Gasteiger partial charge in [0.15, 0.2) is 11.5 Å². The quantitative estimate of drug-likeness (QED) is 0.453. The van der Waals surface area contributed by atoms with Gasteiger partial charge in [0.05, 0.1) is 7.11 Å². The molecule has 0 saturated carbocycles. The van der Waals surface area contributed by atoms with E-state index < -0.39 is 17.3 Å². The minimum absolute atomic E-state index is 0.115. The van der Waals surface area contributed by atoms with Crippen molar-refractivity contribution in [1.82, 2.24) is 0 Å². The topological polar surface area (TPSA) is 89.7 Å². The fourth-order valence-electron chi connectivity index (χ4n) is 1.06. The molecule has 1 rings (SSSR count). The second-order valence-corrected chi connectivity index (χ2v) is 2.80. The number of nitro groups is 1. The van der Waals surface area contributed by atoms with Gasteiger partial charge in [-0.2, -0.15) is 0 Å². The van der Waals surface area contributed by atoms with Crippen molar-refractivity contribution in [2.75, 3.05) is 13.7 Å². The van der Waals surface area contributed by atoms with Crippen LogP contribution in [0.2, 0.25) is 0 Å². The Morgan fingerprint density at radius 2 is 2.27 bits per heavy atom. The molecule has 1 aromatic rings. The normalized spacial score (nSPS) is 9.67. The Labute approximate surface area is 85.2 Å². The highest BCUT2D eigenvalue weighted by molar-refractivity contribution is 5.97. The van der Waals surface area contributed by atoms with Crippen LogP contribution in [0.4, 0.5) is 0 Å². The number of rotatable bonds is 4. The molecule has 0 unspecified atom stereocenters. The number of ether oxygens (including phenoxy) is 1. The lowest BCUT2D eigenvalue weighted by Gasteiger charge is -2.04. The average Bonchev–Trinajstić information content (AvgIpc) is 2.17. The maximum atomic E-state index is 11.3. The third-order valence-corrected chi connectivity index (χ3v) is 1.77. The highest BCUT2D eigenvalue weighted by atomic mass is 16.6. The molecule has 0 aliphatic heterocycles. The summed E-state index contributed by atoms with van der Waals surface area (Å²) in [6.07, 6.45) is 0. The molecule has 0 bridgehead atoms. The van der Waals surface area contributed by atoms with Gasteiger partial charge in [0.1, 0.15) is 0 Å². The van der Waals surface area contributed by atoms with E-state index in [-0.39, 0.29) is 17.1 Å². The second-order valence-electron chi connectivity index (χ2n) is 2.80. The summed E-state index contributed by atoms with van der Waals surface area (Å²) in [4.78, 5) is 20.7. The second kappa shape index (κ2) is 4.41. The Kier molecular flexibility index (Phi) is 3.22. The highest BCUT2D eigenvalue weighted by Gasteiger charge is 2.14. The van der Waals surface area contributed by atoms with Crippen LogP contribution in [0.15, 0.2) is 18.2 Å². The molecule has 0 heterocycles. The monoisotopic (exact) mass is 211 g/mol. The van der Waals surface area contributed by atoms with Crippen molar-refractivity contribution >= 4 is 5.78 Å². The number of nitrogens with zero attached hydrogens (tertiary/aromatic N) is 1. The van der Waals surface area contributed by atoms with Gasteiger partial charge >= 0.3 is 0 Å². The van der Waals surface area contributed by atoms with E-state index in [1.807, 2.05) is 0 Å². The molecular formula is C9H9NO5. The minimum atomic E-state index is -0.770. The van der Waals surface area contributed by atoms with Crippen LogP contribution >= 0.6 is 0 Å². The molecule has 0 atom stereocenters. The molecule has 1 aromatic carbocycles. The zero-order valence-corrected chi connectivity index (χ0v) is 7.97. The molecule has 0 aliphatic carbocycles. The highest BCUT2D eigenvalue weighted by Crippen LogP contribution is 2.26. The predicted molar refractivity (Wildman–Crippen MR) is 50.9 cm³/mol. The van der Waals surface area contributed by atoms with Crippen LogP contribution in [-0.2, 0) is 0 Å². The molecule has 0 saturated heterocycles. The van der Waals surface area contributed by atoms with E-state index >= 15 is 0 Å². The lowest BCUT2D eigenvalue weighted by atomic mass is 10.1. The molecule has 0 aliphatic rings. The van der Waals surface area contributed by atoms with Crippen molar-refractivity contribution < 1.29 is 19.6 Å². The fraction of sp³-hybridized carbons (Fsp3) is 0.222. The van der Waals surface area contributed by atoms with Gasteiger partial charge in [-0.15, -0.1) is 0 Å². The summed E-state index contributed by atoms with van der Waals surface area (Å²) in [6.45, 7) is -0.770. The van der Waals surface area contributed by atoms with Crippen molar-refractivity contribution in [2.24, 2.45) is 0 Å².